The minimum Gasteiger partial charge on any atom is -0.462 e. The summed E-state index contributed by atoms with van der Waals surface area (Å²) in [6.07, 6.45) is 1.12. The van der Waals surface area contributed by atoms with Gasteiger partial charge in [0.2, 0.25) is 0 Å². The van der Waals surface area contributed by atoms with Gasteiger partial charge in [-0.1, -0.05) is 0 Å². The van der Waals surface area contributed by atoms with E-state index < -0.39 is 17.7 Å². The van der Waals surface area contributed by atoms with Gasteiger partial charge in [0.15, 0.2) is 11.7 Å². The van der Waals surface area contributed by atoms with Crippen molar-refractivity contribution in [3.63, 3.8) is 0 Å². The zero-order valence-electron chi connectivity index (χ0n) is 18.1. The Hall–Kier alpha value is -3.38. The molecule has 2 aromatic heterocycles. The van der Waals surface area contributed by atoms with Crippen molar-refractivity contribution in [1.29, 1.82) is 5.26 Å². The number of hydrogen-bond donors (Lipinski definition) is 0. The van der Waals surface area contributed by atoms with Crippen molar-refractivity contribution in [2.45, 2.75) is 27.2 Å². The Kier molecular flexibility index (Phi) is 8.16. The Morgan fingerprint density at radius 3 is 2.35 bits per heavy atom. The van der Waals surface area contributed by atoms with Crippen LogP contribution in [-0.4, -0.2) is 45.0 Å². The summed E-state index contributed by atoms with van der Waals surface area (Å²) in [5.41, 5.74) is 0.431. The van der Waals surface area contributed by atoms with Crippen LogP contribution in [0.4, 0.5) is 5.88 Å². The van der Waals surface area contributed by atoms with Gasteiger partial charge in [0.1, 0.15) is 16.7 Å². The number of nitriles is 1. The highest BCUT2D eigenvalue weighted by atomic mass is 32.1. The first-order valence-corrected chi connectivity index (χ1v) is 10.4. The van der Waals surface area contributed by atoms with Gasteiger partial charge in [-0.3, -0.25) is 4.79 Å². The lowest BCUT2D eigenvalue weighted by Crippen LogP contribution is -2.12. The molecule has 2 heterocycles. The van der Waals surface area contributed by atoms with Crippen LogP contribution in [0.5, 0.6) is 0 Å². The maximum Gasteiger partial charge on any atom is 0.348 e. The van der Waals surface area contributed by atoms with Crippen LogP contribution in [0.2, 0.25) is 0 Å². The highest BCUT2D eigenvalue weighted by molar-refractivity contribution is 7.14. The summed E-state index contributed by atoms with van der Waals surface area (Å²) in [7, 11) is 3.61. The fourth-order valence-corrected chi connectivity index (χ4v) is 3.96. The summed E-state index contributed by atoms with van der Waals surface area (Å²) in [6.45, 7) is 5.27. The van der Waals surface area contributed by atoms with E-state index in [1.54, 1.807) is 51.9 Å². The van der Waals surface area contributed by atoms with Gasteiger partial charge in [-0.15, -0.1) is 11.3 Å². The van der Waals surface area contributed by atoms with Crippen molar-refractivity contribution in [3.8, 4) is 6.07 Å². The molecule has 0 saturated carbocycles. The number of carbonyl (C=O) groups excluding carboxylic acids is 3. The molecule has 0 radical (unpaired) electrons. The second kappa shape index (κ2) is 10.6. The van der Waals surface area contributed by atoms with Crippen LogP contribution >= 0.6 is 11.3 Å². The topological polar surface area (TPSA) is 110 Å². The largest absolute Gasteiger partial charge is 0.462 e. The zero-order chi connectivity index (χ0) is 23.1. The lowest BCUT2D eigenvalue weighted by Gasteiger charge is -2.06. The number of thiophene rings is 1. The number of carbonyl (C=O) groups is 3. The number of allylic oxidation sites excluding steroid dienone is 1. The third-order valence-corrected chi connectivity index (χ3v) is 5.51. The molecule has 0 N–H and O–H groups in total. The van der Waals surface area contributed by atoms with Crippen LogP contribution in [0.1, 0.15) is 50.1 Å². The van der Waals surface area contributed by atoms with Crippen molar-refractivity contribution < 1.29 is 28.3 Å². The second-order valence-electron chi connectivity index (χ2n) is 6.64. The van der Waals surface area contributed by atoms with Gasteiger partial charge < -0.3 is 18.8 Å². The minimum atomic E-state index is -0.626. The van der Waals surface area contributed by atoms with Gasteiger partial charge in [0.05, 0.1) is 24.4 Å². The van der Waals surface area contributed by atoms with Gasteiger partial charge in [-0.2, -0.15) is 5.26 Å². The monoisotopic (exact) mass is 444 g/mol. The normalized spacial score (nSPS) is 11.0. The van der Waals surface area contributed by atoms with Crippen LogP contribution < -0.4 is 4.90 Å². The van der Waals surface area contributed by atoms with Gasteiger partial charge >= 0.3 is 11.9 Å². The fourth-order valence-electron chi connectivity index (χ4n) is 2.78. The first-order valence-electron chi connectivity index (χ1n) is 9.62. The molecule has 0 saturated heterocycles. The number of ether oxygens (including phenoxy) is 2. The predicted octanol–water partition coefficient (Wildman–Crippen LogP) is 3.79. The van der Waals surface area contributed by atoms with Crippen LogP contribution in [0.15, 0.2) is 22.1 Å². The lowest BCUT2D eigenvalue weighted by atomic mass is 10.0. The van der Waals surface area contributed by atoms with E-state index in [4.69, 9.17) is 13.9 Å². The predicted molar refractivity (Wildman–Crippen MR) is 116 cm³/mol. The molecule has 0 aliphatic carbocycles. The Morgan fingerprint density at radius 2 is 1.81 bits per heavy atom. The number of hydrogen-bond acceptors (Lipinski definition) is 9. The molecule has 164 valence electrons. The molecule has 8 nitrogen and oxygen atoms in total. The number of nitrogens with zero attached hydrogens (tertiary/aromatic N) is 2. The Morgan fingerprint density at radius 1 is 1.16 bits per heavy atom. The molecular weight excluding hydrogens is 420 g/mol. The highest BCUT2D eigenvalue weighted by Crippen LogP contribution is 2.31. The molecule has 0 atom stereocenters. The summed E-state index contributed by atoms with van der Waals surface area (Å²) in [6, 6.07) is 5.25. The molecule has 2 aromatic rings. The summed E-state index contributed by atoms with van der Waals surface area (Å²) >= 11 is 0.996. The number of anilines is 1. The van der Waals surface area contributed by atoms with E-state index in [-0.39, 0.29) is 35.6 Å². The van der Waals surface area contributed by atoms with Gasteiger partial charge in [-0.25, -0.2) is 9.59 Å². The maximum absolute atomic E-state index is 12.8. The minimum absolute atomic E-state index is 0.127. The lowest BCUT2D eigenvalue weighted by molar-refractivity contribution is -0.114. The van der Waals surface area contributed by atoms with Crippen molar-refractivity contribution in [2.75, 3.05) is 32.2 Å². The van der Waals surface area contributed by atoms with E-state index in [0.29, 0.717) is 22.1 Å². The zero-order valence-corrected chi connectivity index (χ0v) is 18.9. The van der Waals surface area contributed by atoms with Gasteiger partial charge in [-0.05, 0) is 32.4 Å². The van der Waals surface area contributed by atoms with E-state index in [2.05, 4.69) is 0 Å². The summed E-state index contributed by atoms with van der Waals surface area (Å²) in [4.78, 5) is 39.9. The fraction of sp³-hybridized carbons (Fsp3) is 0.364. The molecule has 0 aliphatic rings. The number of rotatable bonds is 9. The SMILES string of the molecule is CCOC(=O)c1sc(CC(=O)/C(C#N)=C/c2ccc(N(C)C)o2)c(C(=O)OCC)c1C. The van der Waals surface area contributed by atoms with Crippen molar-refractivity contribution in [2.24, 2.45) is 0 Å². The number of ketones is 1. The van der Waals surface area contributed by atoms with E-state index in [0.717, 1.165) is 11.3 Å². The van der Waals surface area contributed by atoms with Crippen LogP contribution in [0.25, 0.3) is 6.08 Å². The van der Waals surface area contributed by atoms with Crippen LogP contribution in [0.3, 0.4) is 0 Å². The molecular formula is C22H24N2O6S. The molecule has 9 heteroatoms. The number of esters is 2. The van der Waals surface area contributed by atoms with Crippen molar-refractivity contribution >= 4 is 41.0 Å². The Bertz CT molecular complexity index is 1050. The van der Waals surface area contributed by atoms with E-state index in [1.807, 2.05) is 6.07 Å². The molecule has 0 fully saturated rings. The standard InChI is InChI=1S/C22H24N2O6S/c1-6-28-21(26)19-13(3)20(22(27)29-7-2)31-17(19)11-16(25)14(12-23)10-15-8-9-18(30-15)24(4)5/h8-10H,6-7,11H2,1-5H3/b14-10+. The van der Waals surface area contributed by atoms with Crippen molar-refractivity contribution in [1.82, 2.24) is 0 Å². The molecule has 0 bridgehead atoms. The third-order valence-electron chi connectivity index (χ3n) is 4.24. The van der Waals surface area contributed by atoms with Crippen molar-refractivity contribution in [3.05, 3.63) is 44.3 Å². The molecule has 31 heavy (non-hydrogen) atoms. The average molecular weight is 445 g/mol. The number of Topliss-reactive ketones (excluding diaryl/α,β-unsaturated/α-hetero) is 1. The molecule has 0 spiro atoms. The quantitative estimate of drug-likeness (QED) is 0.326. The first kappa shape index (κ1) is 23.9. The Labute approximate surface area is 184 Å². The van der Waals surface area contributed by atoms with E-state index in [9.17, 15) is 19.6 Å². The second-order valence-corrected chi connectivity index (χ2v) is 7.74. The number of furan rings is 1. The Balaban J connectivity index is 2.40. The summed E-state index contributed by atoms with van der Waals surface area (Å²) in [5.74, 6) is -0.773. The molecule has 2 rings (SSSR count). The van der Waals surface area contributed by atoms with Gasteiger partial charge in [0, 0.05) is 37.5 Å². The summed E-state index contributed by atoms with van der Waals surface area (Å²) < 4.78 is 15.7. The maximum atomic E-state index is 12.8. The van der Waals surface area contributed by atoms with E-state index in [1.165, 1.54) is 6.08 Å². The smallest absolute Gasteiger partial charge is 0.348 e. The molecule has 0 amide bonds. The van der Waals surface area contributed by atoms with Crippen LogP contribution in [0, 0.1) is 18.3 Å². The molecule has 0 unspecified atom stereocenters. The van der Waals surface area contributed by atoms with E-state index >= 15 is 0 Å². The molecule has 0 aromatic carbocycles. The average Bonchev–Trinajstić information content (AvgIpc) is 3.31. The third kappa shape index (κ3) is 5.61. The first-order chi connectivity index (χ1) is 14.7. The van der Waals surface area contributed by atoms with Gasteiger partial charge in [0.25, 0.3) is 0 Å². The van der Waals surface area contributed by atoms with Crippen LogP contribution in [-0.2, 0) is 20.7 Å². The summed E-state index contributed by atoms with van der Waals surface area (Å²) in [5, 5.41) is 9.48. The molecule has 0 aliphatic heterocycles. The highest BCUT2D eigenvalue weighted by Gasteiger charge is 2.28.